The van der Waals surface area contributed by atoms with E-state index in [-0.39, 0.29) is 5.91 Å². The third-order valence-electron chi connectivity index (χ3n) is 4.81. The molecule has 0 saturated carbocycles. The molecule has 1 aromatic carbocycles. The Morgan fingerprint density at radius 1 is 1.08 bits per heavy atom. The molecule has 0 fully saturated rings. The number of hydrogen-bond donors (Lipinski definition) is 0. The Kier molecular flexibility index (Phi) is 4.47. The van der Waals surface area contributed by atoms with E-state index in [1.807, 2.05) is 34.8 Å². The topological polar surface area (TPSA) is 51.0 Å². The molecule has 2 aromatic heterocycles. The van der Waals surface area contributed by atoms with Gasteiger partial charge in [0.1, 0.15) is 5.69 Å². The largest absolute Gasteiger partial charge is 0.337 e. The number of pyridine rings is 1. The van der Waals surface area contributed by atoms with Crippen molar-refractivity contribution in [1.29, 1.82) is 0 Å². The van der Waals surface area contributed by atoms with Gasteiger partial charge < -0.3 is 4.90 Å². The van der Waals surface area contributed by atoms with Gasteiger partial charge in [-0.25, -0.2) is 4.98 Å². The first-order valence-electron chi connectivity index (χ1n) is 8.64. The summed E-state index contributed by atoms with van der Waals surface area (Å²) in [6.07, 6.45) is 3.08. The molecular formula is C20H19ClN4O. The van der Waals surface area contributed by atoms with Crippen LogP contribution in [0.1, 0.15) is 21.7 Å². The van der Waals surface area contributed by atoms with Gasteiger partial charge in [-0.3, -0.25) is 9.48 Å². The van der Waals surface area contributed by atoms with Crippen molar-refractivity contribution in [3.8, 4) is 11.3 Å². The quantitative estimate of drug-likeness (QED) is 0.698. The maximum atomic E-state index is 12.8. The van der Waals surface area contributed by atoms with Crippen LogP contribution >= 0.6 is 11.6 Å². The third kappa shape index (κ3) is 3.10. The lowest BCUT2D eigenvalue weighted by Crippen LogP contribution is -2.34. The highest BCUT2D eigenvalue weighted by atomic mass is 35.5. The van der Waals surface area contributed by atoms with E-state index in [0.717, 1.165) is 24.1 Å². The van der Waals surface area contributed by atoms with Crippen molar-refractivity contribution in [2.24, 2.45) is 7.05 Å². The number of aromatic nitrogens is 3. The lowest BCUT2D eigenvalue weighted by molar-refractivity contribution is 0.0756. The van der Waals surface area contributed by atoms with Crippen LogP contribution in [0.15, 0.2) is 48.7 Å². The van der Waals surface area contributed by atoms with Crippen LogP contribution < -0.4 is 0 Å². The maximum absolute atomic E-state index is 12.8. The number of carbonyl (C=O) groups is 1. The van der Waals surface area contributed by atoms with Crippen molar-refractivity contribution in [3.05, 3.63) is 70.6 Å². The van der Waals surface area contributed by atoms with E-state index in [1.54, 1.807) is 12.1 Å². The minimum atomic E-state index is -0.0521. The van der Waals surface area contributed by atoms with Crippen LogP contribution in [0.3, 0.4) is 0 Å². The number of nitrogens with zero attached hydrogens (tertiary/aromatic N) is 4. The van der Waals surface area contributed by atoms with Crippen molar-refractivity contribution in [1.82, 2.24) is 19.7 Å². The van der Waals surface area contributed by atoms with E-state index >= 15 is 0 Å². The van der Waals surface area contributed by atoms with Gasteiger partial charge in [0.25, 0.3) is 5.91 Å². The first-order chi connectivity index (χ1) is 12.6. The number of benzene rings is 1. The fraction of sp³-hybridized carbons (Fsp3) is 0.250. The van der Waals surface area contributed by atoms with Crippen molar-refractivity contribution in [2.75, 3.05) is 13.1 Å². The predicted molar refractivity (Wildman–Crippen MR) is 101 cm³/mol. The van der Waals surface area contributed by atoms with Gasteiger partial charge in [-0.2, -0.15) is 5.10 Å². The molecular weight excluding hydrogens is 348 g/mol. The highest BCUT2D eigenvalue weighted by molar-refractivity contribution is 6.30. The van der Waals surface area contributed by atoms with Crippen molar-refractivity contribution >= 4 is 17.5 Å². The minimum absolute atomic E-state index is 0.0521. The number of aryl methyl sites for hydroxylation is 1. The molecule has 132 valence electrons. The lowest BCUT2D eigenvalue weighted by Gasteiger charge is -2.20. The summed E-state index contributed by atoms with van der Waals surface area (Å²) < 4.78 is 1.95. The first-order valence-corrected chi connectivity index (χ1v) is 9.02. The highest BCUT2D eigenvalue weighted by Gasteiger charge is 2.25. The minimum Gasteiger partial charge on any atom is -0.337 e. The molecule has 26 heavy (non-hydrogen) atoms. The predicted octanol–water partition coefficient (Wildman–Crippen LogP) is 3.38. The van der Waals surface area contributed by atoms with Crippen molar-refractivity contribution < 1.29 is 4.79 Å². The summed E-state index contributed by atoms with van der Waals surface area (Å²) in [5.74, 6) is -0.0521. The van der Waals surface area contributed by atoms with Gasteiger partial charge in [0.15, 0.2) is 0 Å². The van der Waals surface area contributed by atoms with Crippen LogP contribution in [0.2, 0.25) is 5.02 Å². The van der Waals surface area contributed by atoms with E-state index < -0.39 is 0 Å². The summed E-state index contributed by atoms with van der Waals surface area (Å²) in [6.45, 7) is 1.31. The van der Waals surface area contributed by atoms with E-state index in [1.165, 1.54) is 17.5 Å². The van der Waals surface area contributed by atoms with E-state index in [0.29, 0.717) is 23.8 Å². The molecule has 3 heterocycles. The standard InChI is InChI=1S/C20H19ClN4O/c1-24-18-10-12-25(20(26)17-8-7-15(21)13-22-17)11-9-16(18)19(23-24)14-5-3-2-4-6-14/h2-8,13H,9-12H2,1H3. The number of carbonyl (C=O) groups excluding carboxylic acids is 1. The molecule has 0 saturated heterocycles. The molecule has 4 rings (SSSR count). The first kappa shape index (κ1) is 16.8. The second-order valence-electron chi connectivity index (χ2n) is 6.42. The molecule has 1 aliphatic heterocycles. The molecule has 0 spiro atoms. The van der Waals surface area contributed by atoms with Crippen LogP contribution in [0.4, 0.5) is 0 Å². The number of fused-ring (bicyclic) bond motifs is 1. The third-order valence-corrected chi connectivity index (χ3v) is 5.03. The highest BCUT2D eigenvalue weighted by Crippen LogP contribution is 2.28. The van der Waals surface area contributed by atoms with Gasteiger partial charge >= 0.3 is 0 Å². The van der Waals surface area contributed by atoms with Crippen LogP contribution in [0.25, 0.3) is 11.3 Å². The Morgan fingerprint density at radius 3 is 2.58 bits per heavy atom. The zero-order chi connectivity index (χ0) is 18.1. The summed E-state index contributed by atoms with van der Waals surface area (Å²) in [5.41, 5.74) is 4.99. The Morgan fingerprint density at radius 2 is 1.85 bits per heavy atom. The number of halogens is 1. The maximum Gasteiger partial charge on any atom is 0.272 e. The van der Waals surface area contributed by atoms with Crippen molar-refractivity contribution in [2.45, 2.75) is 12.8 Å². The van der Waals surface area contributed by atoms with Gasteiger partial charge in [-0.1, -0.05) is 41.9 Å². The van der Waals surface area contributed by atoms with E-state index in [4.69, 9.17) is 16.7 Å². The molecule has 0 aliphatic carbocycles. The molecule has 3 aromatic rings. The fourth-order valence-corrected chi connectivity index (χ4v) is 3.58. The van der Waals surface area contributed by atoms with Gasteiger partial charge in [-0.05, 0) is 18.6 Å². The van der Waals surface area contributed by atoms with Crippen LogP contribution in [0, 0.1) is 0 Å². The smallest absolute Gasteiger partial charge is 0.272 e. The van der Waals surface area contributed by atoms with Crippen molar-refractivity contribution in [3.63, 3.8) is 0 Å². The van der Waals surface area contributed by atoms with Crippen LogP contribution in [-0.4, -0.2) is 38.7 Å². The second kappa shape index (κ2) is 6.92. The van der Waals surface area contributed by atoms with Gasteiger partial charge in [0.05, 0.1) is 10.7 Å². The van der Waals surface area contributed by atoms with E-state index in [2.05, 4.69) is 17.1 Å². The number of amides is 1. The zero-order valence-corrected chi connectivity index (χ0v) is 15.3. The SMILES string of the molecule is Cn1nc(-c2ccccc2)c2c1CCN(C(=O)c1ccc(Cl)cn1)CC2. The zero-order valence-electron chi connectivity index (χ0n) is 14.5. The van der Waals surface area contributed by atoms with E-state index in [9.17, 15) is 4.79 Å². The average molecular weight is 367 g/mol. The van der Waals surface area contributed by atoms with Gasteiger partial charge in [-0.15, -0.1) is 0 Å². The summed E-state index contributed by atoms with van der Waals surface area (Å²) in [7, 11) is 1.98. The molecule has 0 N–H and O–H groups in total. The second-order valence-corrected chi connectivity index (χ2v) is 6.85. The molecule has 0 radical (unpaired) electrons. The number of rotatable bonds is 2. The molecule has 0 unspecified atom stereocenters. The molecule has 6 heteroatoms. The normalized spacial score (nSPS) is 14.0. The summed E-state index contributed by atoms with van der Waals surface area (Å²) >= 11 is 5.87. The summed E-state index contributed by atoms with van der Waals surface area (Å²) in [6, 6.07) is 13.6. The Hall–Kier alpha value is -2.66. The molecule has 0 bridgehead atoms. The van der Waals surface area contributed by atoms with Crippen LogP contribution in [-0.2, 0) is 19.9 Å². The molecule has 1 amide bonds. The monoisotopic (exact) mass is 366 g/mol. The number of hydrogen-bond acceptors (Lipinski definition) is 3. The van der Waals surface area contributed by atoms with Gasteiger partial charge in [0.2, 0.25) is 0 Å². The van der Waals surface area contributed by atoms with Gasteiger partial charge in [0, 0.05) is 49.6 Å². The Labute approximate surface area is 157 Å². The Bertz CT molecular complexity index is 934. The summed E-state index contributed by atoms with van der Waals surface area (Å²) in [5, 5.41) is 5.26. The Balaban J connectivity index is 1.60. The molecule has 0 atom stereocenters. The molecule has 5 nitrogen and oxygen atoms in total. The van der Waals surface area contributed by atoms with Crippen LogP contribution in [0.5, 0.6) is 0 Å². The fourth-order valence-electron chi connectivity index (χ4n) is 3.47. The average Bonchev–Trinajstić information content (AvgIpc) is 2.84. The summed E-state index contributed by atoms with van der Waals surface area (Å²) in [4.78, 5) is 18.8. The lowest BCUT2D eigenvalue weighted by atomic mass is 10.0. The molecule has 1 aliphatic rings.